The van der Waals surface area contributed by atoms with Crippen molar-refractivity contribution in [2.45, 2.75) is 51.5 Å². The number of likely N-dealkylation sites (N-methyl/N-ethyl adjacent to an activating group) is 1. The lowest BCUT2D eigenvalue weighted by molar-refractivity contribution is -0.185. The van der Waals surface area contributed by atoms with Crippen LogP contribution in [0.2, 0.25) is 0 Å². The van der Waals surface area contributed by atoms with Crippen LogP contribution in [0.4, 0.5) is 13.2 Å². The summed E-state index contributed by atoms with van der Waals surface area (Å²) in [6.45, 7) is 8.22. The highest BCUT2D eigenvalue weighted by Crippen LogP contribution is 2.30. The quantitative estimate of drug-likeness (QED) is 0.822. The van der Waals surface area contributed by atoms with Gasteiger partial charge in [-0.1, -0.05) is 13.8 Å². The van der Waals surface area contributed by atoms with Gasteiger partial charge in [0.25, 0.3) is 0 Å². The van der Waals surface area contributed by atoms with Crippen LogP contribution in [0.3, 0.4) is 0 Å². The van der Waals surface area contributed by atoms with Crippen LogP contribution in [0.25, 0.3) is 0 Å². The minimum Gasteiger partial charge on any atom is -0.326 e. The average molecular weight is 267 g/mol. The maximum Gasteiger partial charge on any atom is 0.405 e. The zero-order chi connectivity index (χ0) is 13.9. The number of rotatable bonds is 5. The Morgan fingerprint density at radius 3 is 2.28 bits per heavy atom. The molecule has 6 heteroatoms. The van der Waals surface area contributed by atoms with Gasteiger partial charge in [0.15, 0.2) is 0 Å². The van der Waals surface area contributed by atoms with E-state index >= 15 is 0 Å². The molecular formula is C12H24F3N3. The van der Waals surface area contributed by atoms with Crippen molar-refractivity contribution in [3.63, 3.8) is 0 Å². The highest BCUT2D eigenvalue weighted by atomic mass is 19.4. The maximum absolute atomic E-state index is 13.0. The number of likely N-dealkylation sites (tertiary alicyclic amines) is 1. The summed E-state index contributed by atoms with van der Waals surface area (Å²) >= 11 is 0. The summed E-state index contributed by atoms with van der Waals surface area (Å²) in [6, 6.07) is -2.18. The third kappa shape index (κ3) is 3.59. The molecule has 0 aliphatic carbocycles. The molecule has 3 nitrogen and oxygen atoms in total. The first-order valence-electron chi connectivity index (χ1n) is 6.61. The predicted molar refractivity (Wildman–Crippen MR) is 66.4 cm³/mol. The molecule has 0 spiro atoms. The van der Waals surface area contributed by atoms with E-state index in [0.29, 0.717) is 13.1 Å². The first kappa shape index (κ1) is 15.7. The summed E-state index contributed by atoms with van der Waals surface area (Å²) in [7, 11) is 0. The van der Waals surface area contributed by atoms with Crippen LogP contribution in [0.5, 0.6) is 0 Å². The molecule has 1 aliphatic heterocycles. The Morgan fingerprint density at radius 2 is 1.89 bits per heavy atom. The lowest BCUT2D eigenvalue weighted by atomic mass is 10.1. The molecule has 3 unspecified atom stereocenters. The van der Waals surface area contributed by atoms with Crippen LogP contribution in [-0.2, 0) is 0 Å². The maximum atomic E-state index is 13.0. The Bertz CT molecular complexity index is 251. The number of alkyl halides is 3. The minimum atomic E-state index is -4.24. The molecule has 0 bridgehead atoms. The number of nitrogens with zero attached hydrogens (tertiary/aromatic N) is 2. The number of halogens is 3. The standard InChI is InChI=1S/C12H24F3N3/c1-4-17(5-2)10-6-7-18(8-10)11(9(3)16)12(13,14)15/h9-11H,4-8,16H2,1-3H3. The van der Waals surface area contributed by atoms with E-state index in [0.717, 1.165) is 19.5 Å². The normalized spacial score (nSPS) is 25.7. The second-order valence-electron chi connectivity index (χ2n) is 5.00. The van der Waals surface area contributed by atoms with Crippen molar-refractivity contribution in [2.24, 2.45) is 5.73 Å². The Balaban J connectivity index is 2.69. The van der Waals surface area contributed by atoms with Crippen LogP contribution < -0.4 is 5.73 Å². The summed E-state index contributed by atoms with van der Waals surface area (Å²) in [6.07, 6.45) is -3.45. The highest BCUT2D eigenvalue weighted by molar-refractivity contribution is 4.92. The number of hydrogen-bond donors (Lipinski definition) is 1. The van der Waals surface area contributed by atoms with Gasteiger partial charge in [-0.05, 0) is 26.4 Å². The summed E-state index contributed by atoms with van der Waals surface area (Å²) in [4.78, 5) is 3.71. The molecular weight excluding hydrogens is 243 g/mol. The first-order chi connectivity index (χ1) is 8.31. The fourth-order valence-electron chi connectivity index (χ4n) is 2.90. The molecule has 0 aromatic heterocycles. The van der Waals surface area contributed by atoms with Crippen molar-refractivity contribution in [2.75, 3.05) is 26.2 Å². The van der Waals surface area contributed by atoms with Gasteiger partial charge in [-0.25, -0.2) is 0 Å². The van der Waals surface area contributed by atoms with Crippen molar-refractivity contribution in [3.8, 4) is 0 Å². The molecule has 1 aliphatic rings. The van der Waals surface area contributed by atoms with Gasteiger partial charge in [0.2, 0.25) is 0 Å². The van der Waals surface area contributed by atoms with E-state index in [-0.39, 0.29) is 6.04 Å². The monoisotopic (exact) mass is 267 g/mol. The smallest absolute Gasteiger partial charge is 0.326 e. The van der Waals surface area contributed by atoms with E-state index in [1.54, 1.807) is 0 Å². The molecule has 3 atom stereocenters. The fraction of sp³-hybridized carbons (Fsp3) is 1.00. The lowest BCUT2D eigenvalue weighted by Gasteiger charge is -2.33. The molecule has 108 valence electrons. The highest BCUT2D eigenvalue weighted by Gasteiger charge is 2.47. The Hall–Kier alpha value is -0.330. The van der Waals surface area contributed by atoms with Crippen LogP contribution in [0.1, 0.15) is 27.2 Å². The Kier molecular flexibility index (Phi) is 5.43. The third-order valence-corrected chi connectivity index (χ3v) is 3.75. The van der Waals surface area contributed by atoms with E-state index in [1.165, 1.54) is 11.8 Å². The van der Waals surface area contributed by atoms with E-state index in [4.69, 9.17) is 5.73 Å². The molecule has 1 saturated heterocycles. The molecule has 1 fully saturated rings. The van der Waals surface area contributed by atoms with Crippen LogP contribution in [0.15, 0.2) is 0 Å². The molecule has 2 N–H and O–H groups in total. The summed E-state index contributed by atoms with van der Waals surface area (Å²) in [5, 5.41) is 0. The average Bonchev–Trinajstić information content (AvgIpc) is 2.66. The molecule has 0 amide bonds. The van der Waals surface area contributed by atoms with Gasteiger partial charge >= 0.3 is 6.18 Å². The van der Waals surface area contributed by atoms with Gasteiger partial charge in [0.05, 0.1) is 0 Å². The predicted octanol–water partition coefficient (Wildman–Crippen LogP) is 1.68. The second-order valence-corrected chi connectivity index (χ2v) is 5.00. The Morgan fingerprint density at radius 1 is 1.33 bits per heavy atom. The second kappa shape index (κ2) is 6.21. The minimum absolute atomic E-state index is 0.226. The number of nitrogens with two attached hydrogens (primary N) is 1. The van der Waals surface area contributed by atoms with Gasteiger partial charge in [0.1, 0.15) is 6.04 Å². The fourth-order valence-corrected chi connectivity index (χ4v) is 2.90. The summed E-state index contributed by atoms with van der Waals surface area (Å²) in [5.74, 6) is 0. The SMILES string of the molecule is CCN(CC)C1CCN(C(C(C)N)C(F)(F)F)C1. The van der Waals surface area contributed by atoms with E-state index in [2.05, 4.69) is 4.90 Å². The first-order valence-corrected chi connectivity index (χ1v) is 6.61. The molecule has 0 radical (unpaired) electrons. The van der Waals surface area contributed by atoms with Gasteiger partial charge in [-0.2, -0.15) is 13.2 Å². The molecule has 1 heterocycles. The topological polar surface area (TPSA) is 32.5 Å². The van der Waals surface area contributed by atoms with E-state index in [9.17, 15) is 13.2 Å². The van der Waals surface area contributed by atoms with Crippen LogP contribution in [-0.4, -0.2) is 60.3 Å². The molecule has 0 aromatic rings. The zero-order valence-corrected chi connectivity index (χ0v) is 11.4. The summed E-state index contributed by atoms with van der Waals surface area (Å²) < 4.78 is 38.9. The molecule has 18 heavy (non-hydrogen) atoms. The van der Waals surface area contributed by atoms with Gasteiger partial charge in [-0.3, -0.25) is 9.80 Å². The van der Waals surface area contributed by atoms with Gasteiger partial charge in [-0.15, -0.1) is 0 Å². The number of hydrogen-bond acceptors (Lipinski definition) is 3. The van der Waals surface area contributed by atoms with E-state index in [1.807, 2.05) is 13.8 Å². The van der Waals surface area contributed by atoms with Crippen molar-refractivity contribution < 1.29 is 13.2 Å². The van der Waals surface area contributed by atoms with Crippen molar-refractivity contribution in [3.05, 3.63) is 0 Å². The summed E-state index contributed by atoms with van der Waals surface area (Å²) in [5.41, 5.74) is 5.51. The largest absolute Gasteiger partial charge is 0.405 e. The molecule has 0 aromatic carbocycles. The van der Waals surface area contributed by atoms with Crippen molar-refractivity contribution in [1.82, 2.24) is 9.80 Å². The third-order valence-electron chi connectivity index (χ3n) is 3.75. The molecule has 1 rings (SSSR count). The van der Waals surface area contributed by atoms with Crippen molar-refractivity contribution in [1.29, 1.82) is 0 Å². The van der Waals surface area contributed by atoms with Crippen LogP contribution >= 0.6 is 0 Å². The Labute approximate surface area is 107 Å². The van der Waals surface area contributed by atoms with Crippen molar-refractivity contribution >= 4 is 0 Å². The van der Waals surface area contributed by atoms with Gasteiger partial charge < -0.3 is 5.73 Å². The zero-order valence-electron chi connectivity index (χ0n) is 11.4. The van der Waals surface area contributed by atoms with Gasteiger partial charge in [0, 0.05) is 25.2 Å². The van der Waals surface area contributed by atoms with Crippen LogP contribution in [0, 0.1) is 0 Å². The van der Waals surface area contributed by atoms with E-state index < -0.39 is 18.3 Å². The molecule has 0 saturated carbocycles. The lowest BCUT2D eigenvalue weighted by Crippen LogP contribution is -2.54.